The molecule has 0 spiro atoms. The number of hydrogen-bond acceptors (Lipinski definition) is 4. The first-order valence-corrected chi connectivity index (χ1v) is 9.35. The fourth-order valence-corrected chi connectivity index (χ4v) is 3.47. The monoisotopic (exact) mass is 343 g/mol. The van der Waals surface area contributed by atoms with Crippen molar-refractivity contribution in [2.75, 3.05) is 19.7 Å². The summed E-state index contributed by atoms with van der Waals surface area (Å²) in [4.78, 5) is 19.4. The molecular formula is C20H29N3O2. The lowest BCUT2D eigenvalue weighted by molar-refractivity contribution is -0.0363. The lowest BCUT2D eigenvalue weighted by Crippen LogP contribution is -2.42. The summed E-state index contributed by atoms with van der Waals surface area (Å²) in [6, 6.07) is 5.54. The maximum Gasteiger partial charge on any atom is 0.258 e. The van der Waals surface area contributed by atoms with Crippen molar-refractivity contribution >= 4 is 5.65 Å². The third-order valence-corrected chi connectivity index (χ3v) is 4.86. The second-order valence-electron chi connectivity index (χ2n) is 7.52. The molecule has 136 valence electrons. The molecule has 0 aromatic carbocycles. The molecular weight excluding hydrogens is 314 g/mol. The van der Waals surface area contributed by atoms with Crippen molar-refractivity contribution in [2.24, 2.45) is 5.92 Å². The Kier molecular flexibility index (Phi) is 5.86. The topological polar surface area (TPSA) is 46.8 Å². The van der Waals surface area contributed by atoms with Crippen molar-refractivity contribution in [3.8, 4) is 0 Å². The minimum Gasteiger partial charge on any atom is -0.376 e. The summed E-state index contributed by atoms with van der Waals surface area (Å²) in [5, 5.41) is 0. The van der Waals surface area contributed by atoms with E-state index < -0.39 is 0 Å². The standard InChI is InChI=1S/C20H29N3O2/c1-15(2)6-4-8-18-14-22(10-11-25-18)13-17-12-19(24)23-9-5-7-16(3)20(23)21-17/h5,7,9,12,15,18H,4,6,8,10-11,13-14H2,1-3H3. The second-order valence-corrected chi connectivity index (χ2v) is 7.52. The van der Waals surface area contributed by atoms with Gasteiger partial charge in [0.05, 0.1) is 18.4 Å². The van der Waals surface area contributed by atoms with Gasteiger partial charge in [-0.1, -0.05) is 32.8 Å². The van der Waals surface area contributed by atoms with E-state index in [9.17, 15) is 4.79 Å². The Morgan fingerprint density at radius 1 is 1.40 bits per heavy atom. The maximum absolute atomic E-state index is 12.3. The zero-order chi connectivity index (χ0) is 17.8. The van der Waals surface area contributed by atoms with Gasteiger partial charge in [-0.2, -0.15) is 0 Å². The normalized spacial score (nSPS) is 19.0. The smallest absolute Gasteiger partial charge is 0.258 e. The van der Waals surface area contributed by atoms with Crippen LogP contribution in [0.3, 0.4) is 0 Å². The zero-order valence-corrected chi connectivity index (χ0v) is 15.6. The highest BCUT2D eigenvalue weighted by molar-refractivity contribution is 5.46. The van der Waals surface area contributed by atoms with E-state index in [1.54, 1.807) is 16.7 Å². The Balaban J connectivity index is 1.66. The molecule has 3 rings (SSSR count). The number of ether oxygens (including phenoxy) is 1. The number of aryl methyl sites for hydroxylation is 1. The van der Waals surface area contributed by atoms with Crippen molar-refractivity contribution in [3.63, 3.8) is 0 Å². The van der Waals surface area contributed by atoms with Crippen LogP contribution in [0.15, 0.2) is 29.2 Å². The average molecular weight is 343 g/mol. The van der Waals surface area contributed by atoms with Gasteiger partial charge in [-0.15, -0.1) is 0 Å². The van der Waals surface area contributed by atoms with Crippen LogP contribution in [0.2, 0.25) is 0 Å². The minimum absolute atomic E-state index is 0.00885. The van der Waals surface area contributed by atoms with E-state index in [1.807, 2.05) is 19.1 Å². The van der Waals surface area contributed by atoms with Gasteiger partial charge in [-0.05, 0) is 30.9 Å². The van der Waals surface area contributed by atoms with Crippen molar-refractivity contribution in [2.45, 2.75) is 52.7 Å². The van der Waals surface area contributed by atoms with Crippen LogP contribution in [0.5, 0.6) is 0 Å². The van der Waals surface area contributed by atoms with Crippen LogP contribution in [-0.4, -0.2) is 40.1 Å². The average Bonchev–Trinajstić information content (AvgIpc) is 2.56. The molecule has 1 saturated heterocycles. The van der Waals surface area contributed by atoms with Gasteiger partial charge in [0.2, 0.25) is 0 Å². The van der Waals surface area contributed by atoms with E-state index in [2.05, 4.69) is 18.7 Å². The number of fused-ring (bicyclic) bond motifs is 1. The number of rotatable bonds is 6. The lowest BCUT2D eigenvalue weighted by atomic mass is 10.0. The van der Waals surface area contributed by atoms with E-state index in [0.29, 0.717) is 12.6 Å². The highest BCUT2D eigenvalue weighted by atomic mass is 16.5. The van der Waals surface area contributed by atoms with Gasteiger partial charge in [0.1, 0.15) is 5.65 Å². The van der Waals surface area contributed by atoms with Gasteiger partial charge in [0.25, 0.3) is 5.56 Å². The van der Waals surface area contributed by atoms with Crippen LogP contribution < -0.4 is 5.56 Å². The molecule has 0 radical (unpaired) electrons. The van der Waals surface area contributed by atoms with E-state index in [4.69, 9.17) is 9.72 Å². The Hall–Kier alpha value is -1.72. The number of morpholine rings is 1. The number of aromatic nitrogens is 2. The molecule has 1 unspecified atom stereocenters. The van der Waals surface area contributed by atoms with Crippen LogP contribution in [0.1, 0.15) is 44.4 Å². The molecule has 25 heavy (non-hydrogen) atoms. The molecule has 5 nitrogen and oxygen atoms in total. The molecule has 0 bridgehead atoms. The van der Waals surface area contributed by atoms with E-state index in [1.165, 1.54) is 12.8 Å². The SMILES string of the molecule is Cc1cccn2c(=O)cc(CN3CCOC(CCCC(C)C)C3)nc12. The van der Waals surface area contributed by atoms with Crippen LogP contribution in [0.4, 0.5) is 0 Å². The van der Waals surface area contributed by atoms with Gasteiger partial charge in [0.15, 0.2) is 0 Å². The third-order valence-electron chi connectivity index (χ3n) is 4.86. The van der Waals surface area contributed by atoms with Crippen molar-refractivity contribution in [3.05, 3.63) is 46.0 Å². The summed E-state index contributed by atoms with van der Waals surface area (Å²) in [5.41, 5.74) is 2.62. The van der Waals surface area contributed by atoms with Gasteiger partial charge < -0.3 is 4.74 Å². The first kappa shape index (κ1) is 18.1. The zero-order valence-electron chi connectivity index (χ0n) is 15.6. The van der Waals surface area contributed by atoms with Crippen LogP contribution >= 0.6 is 0 Å². The maximum atomic E-state index is 12.3. The molecule has 1 aliphatic rings. The van der Waals surface area contributed by atoms with Crippen molar-refractivity contribution in [1.29, 1.82) is 0 Å². The molecule has 3 heterocycles. The van der Waals surface area contributed by atoms with E-state index >= 15 is 0 Å². The molecule has 2 aromatic heterocycles. The Morgan fingerprint density at radius 2 is 2.24 bits per heavy atom. The summed E-state index contributed by atoms with van der Waals surface area (Å²) < 4.78 is 7.53. The second kappa shape index (κ2) is 8.11. The largest absolute Gasteiger partial charge is 0.376 e. The van der Waals surface area contributed by atoms with Crippen LogP contribution in [-0.2, 0) is 11.3 Å². The number of hydrogen-bond donors (Lipinski definition) is 0. The summed E-state index contributed by atoms with van der Waals surface area (Å²) >= 11 is 0. The highest BCUT2D eigenvalue weighted by Gasteiger charge is 2.21. The van der Waals surface area contributed by atoms with Crippen LogP contribution in [0.25, 0.3) is 5.65 Å². The summed E-state index contributed by atoms with van der Waals surface area (Å²) in [5.74, 6) is 0.748. The Bertz CT molecular complexity index is 769. The predicted octanol–water partition coefficient (Wildman–Crippen LogP) is 3.03. The lowest BCUT2D eigenvalue weighted by Gasteiger charge is -2.32. The Labute approximate surface area is 149 Å². The summed E-state index contributed by atoms with van der Waals surface area (Å²) in [6.07, 6.45) is 5.66. The van der Waals surface area contributed by atoms with Crippen molar-refractivity contribution in [1.82, 2.24) is 14.3 Å². The van der Waals surface area contributed by atoms with Gasteiger partial charge in [0, 0.05) is 31.9 Å². The van der Waals surface area contributed by atoms with Gasteiger partial charge in [-0.3, -0.25) is 14.1 Å². The summed E-state index contributed by atoms with van der Waals surface area (Å²) in [7, 11) is 0. The predicted molar refractivity (Wildman–Crippen MR) is 99.9 cm³/mol. The quantitative estimate of drug-likeness (QED) is 0.809. The molecule has 0 saturated carbocycles. The molecule has 0 N–H and O–H groups in total. The molecule has 2 aromatic rings. The van der Waals surface area contributed by atoms with Gasteiger partial charge in [-0.25, -0.2) is 4.98 Å². The van der Waals surface area contributed by atoms with E-state index in [0.717, 1.165) is 48.9 Å². The molecule has 1 aliphatic heterocycles. The molecule has 1 atom stereocenters. The molecule has 0 aliphatic carbocycles. The molecule has 1 fully saturated rings. The van der Waals surface area contributed by atoms with Crippen LogP contribution in [0, 0.1) is 12.8 Å². The fraction of sp³-hybridized carbons (Fsp3) is 0.600. The Morgan fingerprint density at radius 3 is 3.04 bits per heavy atom. The molecule has 5 heteroatoms. The first-order chi connectivity index (χ1) is 12.0. The number of pyridine rings is 1. The fourth-order valence-electron chi connectivity index (χ4n) is 3.47. The first-order valence-electron chi connectivity index (χ1n) is 9.35. The minimum atomic E-state index is -0.00885. The number of nitrogens with zero attached hydrogens (tertiary/aromatic N) is 3. The van der Waals surface area contributed by atoms with Crippen molar-refractivity contribution < 1.29 is 4.74 Å². The highest BCUT2D eigenvalue weighted by Crippen LogP contribution is 2.16. The van der Waals surface area contributed by atoms with Gasteiger partial charge >= 0.3 is 0 Å². The third kappa shape index (κ3) is 4.67. The molecule has 0 amide bonds. The summed E-state index contributed by atoms with van der Waals surface area (Å²) in [6.45, 7) is 9.81. The van der Waals surface area contributed by atoms with E-state index in [-0.39, 0.29) is 5.56 Å².